The van der Waals surface area contributed by atoms with Gasteiger partial charge in [0.05, 0.1) is 0 Å². The maximum Gasteiger partial charge on any atom is 0.116 e. The summed E-state index contributed by atoms with van der Waals surface area (Å²) in [6.45, 7) is 14.3. The highest BCUT2D eigenvalue weighted by Crippen LogP contribution is 1.65. The van der Waals surface area contributed by atoms with Gasteiger partial charge in [-0.15, -0.1) is 0 Å². The molecule has 0 aliphatic carbocycles. The molecule has 14 heavy (non-hydrogen) atoms. The van der Waals surface area contributed by atoms with Gasteiger partial charge in [0, 0.05) is 6.10 Å². The summed E-state index contributed by atoms with van der Waals surface area (Å²) < 4.78 is 0. The molecular formula is C11H28O3. The first-order valence-electron chi connectivity index (χ1n) is 5.04. The second-order valence-corrected chi connectivity index (χ2v) is 1.57. The van der Waals surface area contributed by atoms with Gasteiger partial charge in [0.2, 0.25) is 0 Å². The van der Waals surface area contributed by atoms with Crippen molar-refractivity contribution in [2.45, 2.75) is 61.5 Å². The van der Waals surface area contributed by atoms with E-state index in [9.17, 15) is 0 Å². The van der Waals surface area contributed by atoms with E-state index in [1.165, 1.54) is 13.8 Å². The van der Waals surface area contributed by atoms with Gasteiger partial charge >= 0.3 is 0 Å². The average Bonchev–Trinajstić information content (AvgIpc) is 2.12. The molecule has 0 spiro atoms. The lowest BCUT2D eigenvalue weighted by Gasteiger charge is -1.80. The van der Waals surface area contributed by atoms with Crippen molar-refractivity contribution < 1.29 is 14.7 Å². The van der Waals surface area contributed by atoms with Gasteiger partial charge in [0.25, 0.3) is 0 Å². The van der Waals surface area contributed by atoms with Gasteiger partial charge < -0.3 is 14.7 Å². The van der Waals surface area contributed by atoms with Crippen molar-refractivity contribution in [1.82, 2.24) is 0 Å². The lowest BCUT2D eigenvalue weighted by atomic mass is 10.5. The van der Waals surface area contributed by atoms with Crippen LogP contribution in [0.1, 0.15) is 55.4 Å². The Morgan fingerprint density at radius 2 is 0.857 bits per heavy atom. The van der Waals surface area contributed by atoms with Gasteiger partial charge in [-0.05, 0) is 27.7 Å². The summed E-state index contributed by atoms with van der Waals surface area (Å²) in [7, 11) is 0. The van der Waals surface area contributed by atoms with Gasteiger partial charge in [-0.1, -0.05) is 27.7 Å². The third-order valence-corrected chi connectivity index (χ3v) is 0. The van der Waals surface area contributed by atoms with Crippen LogP contribution in [0, 0.1) is 0 Å². The second-order valence-electron chi connectivity index (χ2n) is 1.57. The highest BCUT2D eigenvalue weighted by Gasteiger charge is 1.69. The molecule has 0 saturated carbocycles. The van der Waals surface area contributed by atoms with E-state index in [2.05, 4.69) is 0 Å². The van der Waals surface area contributed by atoms with Crippen LogP contribution >= 0.6 is 0 Å². The normalized spacial score (nSPS) is 5.29. The van der Waals surface area contributed by atoms with Crippen molar-refractivity contribution in [2.24, 2.45) is 0 Å². The maximum atomic E-state index is 8.81. The Morgan fingerprint density at radius 3 is 0.857 bits per heavy atom. The predicted molar refractivity (Wildman–Crippen MR) is 63.5 cm³/mol. The first-order valence-corrected chi connectivity index (χ1v) is 5.04. The molecule has 1 N–H and O–H groups in total. The van der Waals surface area contributed by atoms with Gasteiger partial charge in [-0.3, -0.25) is 0 Å². The topological polar surface area (TPSA) is 54.4 Å². The minimum atomic E-state index is -0.167. The second kappa shape index (κ2) is 84.9. The lowest BCUT2D eigenvalue weighted by Crippen LogP contribution is -1.85. The number of rotatable bonds is 0. The van der Waals surface area contributed by atoms with E-state index >= 15 is 0 Å². The van der Waals surface area contributed by atoms with E-state index < -0.39 is 0 Å². The summed E-state index contributed by atoms with van der Waals surface area (Å²) in [6.07, 6.45) is 1.33. The van der Waals surface area contributed by atoms with E-state index in [1.54, 1.807) is 13.8 Å². The average molecular weight is 208 g/mol. The third kappa shape index (κ3) is 2450. The van der Waals surface area contributed by atoms with Gasteiger partial charge in [-0.2, -0.15) is 0 Å². The molecule has 0 radical (unpaired) electrons. The number of carbonyl (C=O) groups excluding carboxylic acids is 2. The van der Waals surface area contributed by atoms with E-state index in [4.69, 9.17) is 14.7 Å². The molecule has 0 aromatic rings. The fraction of sp³-hybridized carbons (Fsp3) is 0.818. The zero-order valence-electron chi connectivity index (χ0n) is 11.0. The Kier molecular flexibility index (Phi) is 177. The minimum absolute atomic E-state index is 0.167. The molecule has 0 heterocycles. The van der Waals surface area contributed by atoms with Crippen molar-refractivity contribution in [3.05, 3.63) is 0 Å². The molecule has 0 aromatic carbocycles. The minimum Gasteiger partial charge on any atom is -0.394 e. The largest absolute Gasteiger partial charge is 0.394 e. The first-order chi connectivity index (χ1) is 6.56. The molecule has 0 aliphatic rings. The molecule has 0 unspecified atom stereocenters. The number of aliphatic hydroxyl groups is 1. The van der Waals surface area contributed by atoms with Gasteiger partial charge in [0.15, 0.2) is 0 Å². The first kappa shape index (κ1) is 29.2. The van der Waals surface area contributed by atoms with Crippen LogP contribution in [0.3, 0.4) is 0 Å². The van der Waals surface area contributed by atoms with Crippen LogP contribution in [0.25, 0.3) is 0 Å². The Morgan fingerprint density at radius 1 is 0.857 bits per heavy atom. The molecule has 0 saturated heterocycles. The molecular weight excluding hydrogens is 180 g/mol. The fourth-order valence-electron chi connectivity index (χ4n) is 0. The van der Waals surface area contributed by atoms with Crippen LogP contribution in [0.2, 0.25) is 0 Å². The molecule has 0 aromatic heterocycles. The SMILES string of the molecule is CC.CC.CC(C)O.CC=O.CC=O. The van der Waals surface area contributed by atoms with E-state index in [0.717, 1.165) is 12.6 Å². The molecule has 0 aliphatic heterocycles. The van der Waals surface area contributed by atoms with Crippen LogP contribution in [-0.4, -0.2) is 23.8 Å². The van der Waals surface area contributed by atoms with Crippen molar-refractivity contribution in [1.29, 1.82) is 0 Å². The Hall–Kier alpha value is -0.700. The molecule has 90 valence electrons. The van der Waals surface area contributed by atoms with E-state index in [1.807, 2.05) is 27.7 Å². The van der Waals surface area contributed by atoms with Crippen molar-refractivity contribution in [3.63, 3.8) is 0 Å². The zero-order chi connectivity index (χ0) is 13.0. The number of carbonyl (C=O) groups is 2. The number of aldehydes is 2. The highest BCUT2D eigenvalue weighted by molar-refractivity contribution is 5.44. The molecule has 0 fully saturated rings. The molecule has 0 amide bonds. The quantitative estimate of drug-likeness (QED) is 0.623. The standard InChI is InChI=1S/C3H8O.2C2H4O.2C2H6/c1-3(2)4;2*1-2-3;2*1-2/h3-4H,1-2H3;2*2H,1H3;2*1-2H3. The van der Waals surface area contributed by atoms with Crippen LogP contribution < -0.4 is 0 Å². The van der Waals surface area contributed by atoms with Crippen LogP contribution in [-0.2, 0) is 9.59 Å². The Balaban J connectivity index is -0.0000000249. The lowest BCUT2D eigenvalue weighted by molar-refractivity contribution is -0.106. The van der Waals surface area contributed by atoms with Crippen LogP contribution in [0.4, 0.5) is 0 Å². The summed E-state index contributed by atoms with van der Waals surface area (Å²) in [5.74, 6) is 0. The Labute approximate surface area is 89.5 Å². The predicted octanol–water partition coefficient (Wildman–Crippen LogP) is 2.85. The fourth-order valence-corrected chi connectivity index (χ4v) is 0. The summed E-state index contributed by atoms with van der Waals surface area (Å²) >= 11 is 0. The summed E-state index contributed by atoms with van der Waals surface area (Å²) in [6, 6.07) is 0. The highest BCUT2D eigenvalue weighted by atomic mass is 16.3. The van der Waals surface area contributed by atoms with E-state index in [-0.39, 0.29) is 6.10 Å². The molecule has 0 rings (SSSR count). The van der Waals surface area contributed by atoms with E-state index in [0.29, 0.717) is 0 Å². The summed E-state index contributed by atoms with van der Waals surface area (Å²) in [4.78, 5) is 17.6. The monoisotopic (exact) mass is 208 g/mol. The molecule has 3 heteroatoms. The zero-order valence-corrected chi connectivity index (χ0v) is 11.0. The third-order valence-electron chi connectivity index (χ3n) is 0. The number of hydrogen-bond donors (Lipinski definition) is 1. The van der Waals surface area contributed by atoms with Crippen LogP contribution in [0.5, 0.6) is 0 Å². The van der Waals surface area contributed by atoms with Crippen LogP contribution in [0.15, 0.2) is 0 Å². The summed E-state index contributed by atoms with van der Waals surface area (Å²) in [5, 5.41) is 8.06. The van der Waals surface area contributed by atoms with Crippen molar-refractivity contribution in [2.75, 3.05) is 0 Å². The van der Waals surface area contributed by atoms with Crippen molar-refractivity contribution in [3.8, 4) is 0 Å². The molecule has 0 bridgehead atoms. The molecule has 0 atom stereocenters. The maximum absolute atomic E-state index is 8.81. The number of hydrogen-bond acceptors (Lipinski definition) is 3. The van der Waals surface area contributed by atoms with Gasteiger partial charge in [-0.25, -0.2) is 0 Å². The Bertz CT molecular complexity index is 52.8. The van der Waals surface area contributed by atoms with Crippen molar-refractivity contribution >= 4 is 12.6 Å². The summed E-state index contributed by atoms with van der Waals surface area (Å²) in [5.41, 5.74) is 0. The molecule has 3 nitrogen and oxygen atoms in total. The van der Waals surface area contributed by atoms with Gasteiger partial charge in [0.1, 0.15) is 12.6 Å². The smallest absolute Gasteiger partial charge is 0.116 e. The number of aliphatic hydroxyl groups excluding tert-OH is 1.